The van der Waals surface area contributed by atoms with Crippen LogP contribution in [0, 0.1) is 0 Å². The number of hydrogen-bond donors (Lipinski definition) is 0. The molecule has 6 heteroatoms. The number of nitrogens with zero attached hydrogens (tertiary/aromatic N) is 4. The van der Waals surface area contributed by atoms with Crippen LogP contribution in [-0.2, 0) is 0 Å². The van der Waals surface area contributed by atoms with E-state index in [2.05, 4.69) is 156 Å². The Morgan fingerprint density at radius 3 is 1.98 bits per heavy atom. The van der Waals surface area contributed by atoms with E-state index < -0.39 is 0 Å². The first-order valence-corrected chi connectivity index (χ1v) is 19.3. The average Bonchev–Trinajstić information content (AvgIpc) is 3.96. The van der Waals surface area contributed by atoms with E-state index in [4.69, 9.17) is 24.1 Å². The molecule has 2 atom stereocenters. The van der Waals surface area contributed by atoms with E-state index in [1.165, 1.54) is 10.9 Å². The van der Waals surface area contributed by atoms with E-state index in [1.807, 2.05) is 30.3 Å². The Balaban J connectivity index is 1.01. The highest BCUT2D eigenvalue weighted by atomic mass is 16.5. The van der Waals surface area contributed by atoms with Gasteiger partial charge >= 0.3 is 0 Å². The summed E-state index contributed by atoms with van der Waals surface area (Å²) < 4.78 is 15.8. The van der Waals surface area contributed by atoms with Crippen LogP contribution < -0.4 is 4.74 Å². The van der Waals surface area contributed by atoms with Crippen LogP contribution in [-0.4, -0.2) is 19.5 Å². The zero-order valence-corrected chi connectivity index (χ0v) is 30.6. The summed E-state index contributed by atoms with van der Waals surface area (Å²) in [5, 5.41) is 3.32. The van der Waals surface area contributed by atoms with Gasteiger partial charge in [-0.15, -0.1) is 0 Å². The summed E-state index contributed by atoms with van der Waals surface area (Å²) >= 11 is 0. The average molecular weight is 733 g/mol. The lowest BCUT2D eigenvalue weighted by Crippen LogP contribution is -2.13. The number of furan rings is 1. The van der Waals surface area contributed by atoms with Crippen molar-refractivity contribution in [2.24, 2.45) is 0 Å². The second kappa shape index (κ2) is 12.5. The van der Waals surface area contributed by atoms with Crippen molar-refractivity contribution in [3.63, 3.8) is 0 Å². The molecule has 0 radical (unpaired) electrons. The van der Waals surface area contributed by atoms with Crippen molar-refractivity contribution in [2.75, 3.05) is 0 Å². The van der Waals surface area contributed by atoms with E-state index in [-0.39, 0.29) is 12.0 Å². The second-order valence-electron chi connectivity index (χ2n) is 14.7. The third-order valence-electron chi connectivity index (χ3n) is 11.5. The van der Waals surface area contributed by atoms with Crippen LogP contribution in [0.15, 0.2) is 180 Å². The van der Waals surface area contributed by atoms with Crippen molar-refractivity contribution in [3.05, 3.63) is 193 Å². The molecule has 57 heavy (non-hydrogen) atoms. The highest BCUT2D eigenvalue weighted by Gasteiger charge is 2.41. The fourth-order valence-electron chi connectivity index (χ4n) is 8.79. The lowest BCUT2D eigenvalue weighted by Gasteiger charge is -2.22. The summed E-state index contributed by atoms with van der Waals surface area (Å²) in [6.45, 7) is 0. The lowest BCUT2D eigenvalue weighted by atomic mass is 9.85. The van der Waals surface area contributed by atoms with Gasteiger partial charge in [0.05, 0.1) is 16.8 Å². The molecule has 10 aromatic rings. The molecular formula is C51H32N4O2. The molecule has 0 spiro atoms. The molecule has 0 bridgehead atoms. The maximum Gasteiger partial charge on any atom is 0.167 e. The molecule has 0 saturated carbocycles. The quantitative estimate of drug-likeness (QED) is 0.176. The Morgan fingerprint density at radius 1 is 0.491 bits per heavy atom. The molecule has 0 saturated heterocycles. The number of para-hydroxylation sites is 4. The summed E-state index contributed by atoms with van der Waals surface area (Å²) in [4.78, 5) is 15.5. The van der Waals surface area contributed by atoms with Gasteiger partial charge in [0, 0.05) is 50.0 Å². The van der Waals surface area contributed by atoms with Gasteiger partial charge < -0.3 is 13.7 Å². The molecule has 4 heterocycles. The van der Waals surface area contributed by atoms with E-state index in [9.17, 15) is 0 Å². The molecule has 0 N–H and O–H groups in total. The van der Waals surface area contributed by atoms with Crippen LogP contribution >= 0.6 is 0 Å². The fraction of sp³-hybridized carbons (Fsp3) is 0.0392. The number of rotatable bonds is 5. The highest BCUT2D eigenvalue weighted by Crippen LogP contribution is 2.55. The van der Waals surface area contributed by atoms with Crippen molar-refractivity contribution >= 4 is 38.9 Å². The van der Waals surface area contributed by atoms with Crippen molar-refractivity contribution in [3.8, 4) is 56.7 Å². The molecule has 2 aliphatic rings. The largest absolute Gasteiger partial charge is 0.484 e. The van der Waals surface area contributed by atoms with E-state index >= 15 is 0 Å². The fourth-order valence-corrected chi connectivity index (χ4v) is 8.79. The van der Waals surface area contributed by atoms with Gasteiger partial charge in [0.1, 0.15) is 23.0 Å². The van der Waals surface area contributed by atoms with Crippen molar-refractivity contribution < 1.29 is 9.15 Å². The number of hydrogen-bond acceptors (Lipinski definition) is 5. The zero-order valence-electron chi connectivity index (χ0n) is 30.6. The van der Waals surface area contributed by atoms with Crippen LogP contribution in [0.5, 0.6) is 5.75 Å². The minimum atomic E-state index is -0.210. The minimum absolute atomic E-state index is 0.0317. The standard InChI is InChI=1S/C51H32N4O2/c1-3-12-31(13-4-1)32-22-24-33(25-23-32)49-52-50(34-26-27-37-36-16-8-10-21-44(36)56-45(37)30-34)54-51(53-49)41-19-11-18-38-39-28-29-43-46(48(39)57-47(38)41)40-17-7-9-20-42(40)55(43)35-14-5-2-6-15-35/h1-30,39,48H. The Kier molecular flexibility index (Phi) is 6.95. The van der Waals surface area contributed by atoms with Gasteiger partial charge in [0.15, 0.2) is 17.5 Å². The third kappa shape index (κ3) is 5.00. The molecular weight excluding hydrogens is 701 g/mol. The maximum absolute atomic E-state index is 7.15. The molecule has 2 unspecified atom stereocenters. The van der Waals surface area contributed by atoms with Gasteiger partial charge in [-0.3, -0.25) is 0 Å². The Labute approximate surface area is 328 Å². The van der Waals surface area contributed by atoms with Gasteiger partial charge in [0.2, 0.25) is 0 Å². The van der Waals surface area contributed by atoms with E-state index in [1.54, 1.807) is 0 Å². The summed E-state index contributed by atoms with van der Waals surface area (Å²) in [6.07, 6.45) is 4.35. The van der Waals surface area contributed by atoms with Crippen LogP contribution in [0.2, 0.25) is 0 Å². The van der Waals surface area contributed by atoms with Crippen LogP contribution in [0.25, 0.3) is 89.9 Å². The molecule has 0 amide bonds. The Morgan fingerprint density at radius 2 is 1.14 bits per heavy atom. The smallest absolute Gasteiger partial charge is 0.167 e. The maximum atomic E-state index is 7.15. The number of aromatic nitrogens is 4. The van der Waals surface area contributed by atoms with Gasteiger partial charge in [-0.2, -0.15) is 0 Å². The SMILES string of the molecule is C1=CC2c3cccc(-c4nc(-c5ccc(-c6ccccc6)cc5)nc(-c5ccc6c(c5)oc5ccccc56)n4)c3OC2c2c1n(-c1ccccc1)c1ccccc21. The van der Waals surface area contributed by atoms with Crippen LogP contribution in [0.4, 0.5) is 0 Å². The topological polar surface area (TPSA) is 66.0 Å². The first-order chi connectivity index (χ1) is 28.2. The molecule has 0 fully saturated rings. The Bertz CT molecular complexity index is 3220. The van der Waals surface area contributed by atoms with E-state index in [0.29, 0.717) is 17.5 Å². The van der Waals surface area contributed by atoms with Crippen molar-refractivity contribution in [2.45, 2.75) is 12.0 Å². The molecule has 1 aliphatic heterocycles. The number of benzene rings is 7. The predicted molar refractivity (Wildman–Crippen MR) is 227 cm³/mol. The van der Waals surface area contributed by atoms with Crippen LogP contribution in [0.1, 0.15) is 28.8 Å². The Hall–Kier alpha value is -7.57. The predicted octanol–water partition coefficient (Wildman–Crippen LogP) is 12.6. The van der Waals surface area contributed by atoms with Gasteiger partial charge in [-0.05, 0) is 59.7 Å². The lowest BCUT2D eigenvalue weighted by molar-refractivity contribution is 0.225. The highest BCUT2D eigenvalue weighted by molar-refractivity contribution is 6.05. The first kappa shape index (κ1) is 31.7. The molecule has 12 rings (SSSR count). The zero-order chi connectivity index (χ0) is 37.5. The minimum Gasteiger partial charge on any atom is -0.484 e. The number of ether oxygens (including phenoxy) is 1. The molecule has 268 valence electrons. The third-order valence-corrected chi connectivity index (χ3v) is 11.5. The van der Waals surface area contributed by atoms with Crippen LogP contribution in [0.3, 0.4) is 0 Å². The van der Waals surface area contributed by atoms with Crippen molar-refractivity contribution in [1.29, 1.82) is 0 Å². The molecule has 7 aromatic carbocycles. The first-order valence-electron chi connectivity index (χ1n) is 19.3. The monoisotopic (exact) mass is 732 g/mol. The molecule has 6 nitrogen and oxygen atoms in total. The van der Waals surface area contributed by atoms with E-state index in [0.717, 1.165) is 78.0 Å². The summed E-state index contributed by atoms with van der Waals surface area (Å²) in [5.41, 5.74) is 12.2. The molecule has 3 aromatic heterocycles. The van der Waals surface area contributed by atoms with Gasteiger partial charge in [-0.25, -0.2) is 15.0 Å². The van der Waals surface area contributed by atoms with Gasteiger partial charge in [0.25, 0.3) is 0 Å². The normalized spacial score (nSPS) is 15.4. The number of fused-ring (bicyclic) bond motifs is 10. The van der Waals surface area contributed by atoms with Gasteiger partial charge in [-0.1, -0.05) is 133 Å². The van der Waals surface area contributed by atoms with Crippen molar-refractivity contribution in [1.82, 2.24) is 19.5 Å². The summed E-state index contributed by atoms with van der Waals surface area (Å²) in [6, 6.07) is 58.6. The summed E-state index contributed by atoms with van der Waals surface area (Å²) in [5.74, 6) is 2.53. The second-order valence-corrected chi connectivity index (χ2v) is 14.7. The molecule has 1 aliphatic carbocycles. The summed E-state index contributed by atoms with van der Waals surface area (Å²) in [7, 11) is 0.